The molecule has 46 heavy (non-hydrogen) atoms. The molecule has 0 bridgehead atoms. The molecule has 4 aromatic rings. The molecule has 2 aromatic heterocycles. The van der Waals surface area contributed by atoms with E-state index in [9.17, 15) is 24.3 Å². The molecule has 4 amide bonds. The number of alkyl carbamates (subject to hydrolysis) is 1. The predicted octanol–water partition coefficient (Wildman–Crippen LogP) is 7.07. The van der Waals surface area contributed by atoms with Gasteiger partial charge in [-0.25, -0.2) is 23.8 Å². The van der Waals surface area contributed by atoms with E-state index < -0.39 is 35.6 Å². The fraction of sp³-hybridized carbons (Fsp3) is 0.250. The fourth-order valence-corrected chi connectivity index (χ4v) is 4.61. The average molecular weight is 652 g/mol. The molecular formula is C32H31ClFN5O7. The Hall–Kier alpha value is -5.30. The van der Waals surface area contributed by atoms with Crippen LogP contribution in [0.2, 0.25) is 5.02 Å². The maximum Gasteiger partial charge on any atom is 0.424 e. The van der Waals surface area contributed by atoms with Crippen molar-refractivity contribution in [3.63, 3.8) is 0 Å². The molecule has 14 heteroatoms. The lowest BCUT2D eigenvalue weighted by Crippen LogP contribution is -2.40. The van der Waals surface area contributed by atoms with E-state index in [4.69, 9.17) is 21.1 Å². The average Bonchev–Trinajstić information content (AvgIpc) is 2.98. The highest BCUT2D eigenvalue weighted by molar-refractivity contribution is 6.36. The van der Waals surface area contributed by atoms with Crippen LogP contribution >= 0.6 is 11.6 Å². The largest absolute Gasteiger partial charge is 0.464 e. The van der Waals surface area contributed by atoms with Gasteiger partial charge in [0.2, 0.25) is 5.91 Å². The Morgan fingerprint density at radius 1 is 1.04 bits per heavy atom. The van der Waals surface area contributed by atoms with Crippen molar-refractivity contribution >= 4 is 58.1 Å². The Balaban J connectivity index is 1.52. The Morgan fingerprint density at radius 2 is 1.76 bits per heavy atom. The number of anilines is 2. The van der Waals surface area contributed by atoms with Crippen LogP contribution in [0.25, 0.3) is 21.9 Å². The van der Waals surface area contributed by atoms with Gasteiger partial charge in [-0.1, -0.05) is 41.9 Å². The lowest BCUT2D eigenvalue weighted by molar-refractivity contribution is -0.116. The quantitative estimate of drug-likeness (QED) is 0.181. The summed E-state index contributed by atoms with van der Waals surface area (Å²) >= 11 is 6.38. The van der Waals surface area contributed by atoms with Crippen molar-refractivity contribution in [3.05, 3.63) is 83.0 Å². The molecular weight excluding hydrogens is 621 g/mol. The van der Waals surface area contributed by atoms with Gasteiger partial charge in [-0.15, -0.1) is 0 Å². The van der Waals surface area contributed by atoms with Crippen molar-refractivity contribution in [2.24, 2.45) is 0 Å². The Kier molecular flexibility index (Phi) is 10.4. The molecule has 0 radical (unpaired) electrons. The number of carbonyl (C=O) groups is 4. The van der Waals surface area contributed by atoms with E-state index in [1.54, 1.807) is 20.8 Å². The maximum absolute atomic E-state index is 15.6. The highest BCUT2D eigenvalue weighted by Gasteiger charge is 2.31. The Labute approximate surface area is 268 Å². The van der Waals surface area contributed by atoms with Gasteiger partial charge in [-0.3, -0.25) is 9.78 Å². The highest BCUT2D eigenvalue weighted by Crippen LogP contribution is 2.38. The van der Waals surface area contributed by atoms with Crippen molar-refractivity contribution in [1.29, 1.82) is 0 Å². The highest BCUT2D eigenvalue weighted by atomic mass is 35.5. The monoisotopic (exact) mass is 651 g/mol. The summed E-state index contributed by atoms with van der Waals surface area (Å²) in [5, 5.41) is 15.3. The topological polar surface area (TPSA) is 160 Å². The minimum Gasteiger partial charge on any atom is -0.464 e. The first-order valence-electron chi connectivity index (χ1n) is 14.0. The number of carbonyl (C=O) groups excluding carboxylic acids is 3. The van der Waals surface area contributed by atoms with E-state index in [-0.39, 0.29) is 58.2 Å². The summed E-state index contributed by atoms with van der Waals surface area (Å²) in [6, 6.07) is 12.1. The number of hydrogen-bond acceptors (Lipinski definition) is 8. The van der Waals surface area contributed by atoms with Gasteiger partial charge in [0.15, 0.2) is 0 Å². The van der Waals surface area contributed by atoms with E-state index in [0.29, 0.717) is 10.3 Å². The molecule has 0 saturated heterocycles. The third-order valence-corrected chi connectivity index (χ3v) is 6.86. The second kappa shape index (κ2) is 14.2. The normalized spacial score (nSPS) is 11.1. The third-order valence-electron chi connectivity index (χ3n) is 6.49. The number of aromatic nitrogens is 2. The molecule has 0 fully saturated rings. The summed E-state index contributed by atoms with van der Waals surface area (Å²) < 4.78 is 26.0. The number of nitrogens with zero attached hydrogens (tertiary/aromatic N) is 3. The number of ether oxygens (including phenoxy) is 2. The van der Waals surface area contributed by atoms with Crippen molar-refractivity contribution < 1.29 is 38.1 Å². The van der Waals surface area contributed by atoms with Crippen LogP contribution in [-0.2, 0) is 20.9 Å². The molecule has 0 aliphatic carbocycles. The molecule has 0 aliphatic heterocycles. The van der Waals surface area contributed by atoms with Crippen molar-refractivity contribution in [3.8, 4) is 11.1 Å². The molecule has 2 aromatic carbocycles. The Bertz CT molecular complexity index is 1800. The van der Waals surface area contributed by atoms with Crippen LogP contribution in [0, 0.1) is 12.7 Å². The zero-order valence-electron chi connectivity index (χ0n) is 25.4. The summed E-state index contributed by atoms with van der Waals surface area (Å²) in [5.74, 6) is -1.13. The SMILES string of the molecule is Cc1c(-c2cc3cc(NC(=O)CCNC(=O)OCc4ccccc4)ncc3c(Cl)c2F)cncc1N(C(=O)O)C(=O)OC(C)(C)C. The smallest absolute Gasteiger partial charge is 0.424 e. The molecule has 0 atom stereocenters. The number of rotatable bonds is 8. The van der Waals surface area contributed by atoms with E-state index >= 15 is 4.39 Å². The van der Waals surface area contributed by atoms with Crippen LogP contribution in [0.5, 0.6) is 0 Å². The zero-order chi connectivity index (χ0) is 33.6. The number of fused-ring (bicyclic) bond motifs is 1. The van der Waals surface area contributed by atoms with Gasteiger partial charge in [-0.2, -0.15) is 4.90 Å². The zero-order valence-corrected chi connectivity index (χ0v) is 26.1. The van der Waals surface area contributed by atoms with Crippen molar-refractivity contribution in [2.75, 3.05) is 16.8 Å². The van der Waals surface area contributed by atoms with Crippen molar-refractivity contribution in [2.45, 2.75) is 46.3 Å². The van der Waals surface area contributed by atoms with Gasteiger partial charge in [0.25, 0.3) is 0 Å². The first-order chi connectivity index (χ1) is 21.7. The summed E-state index contributed by atoms with van der Waals surface area (Å²) in [5.41, 5.74) is 0.0724. The van der Waals surface area contributed by atoms with Crippen molar-refractivity contribution in [1.82, 2.24) is 15.3 Å². The standard InChI is InChI=1S/C32H31ClFN5O7/c1-18-22(14-35-16-24(18)39(30(42)43)31(44)46-32(2,3)4)21-12-20-13-25(37-15-23(20)27(33)28(21)34)38-26(40)10-11-36-29(41)45-17-19-8-6-5-7-9-19/h5-9,12-16H,10-11,17H2,1-4H3,(H,36,41)(H,42,43)(H,37,38,40). The van der Waals surface area contributed by atoms with Crippen LogP contribution in [0.3, 0.4) is 0 Å². The molecule has 4 rings (SSSR count). The minimum atomic E-state index is -1.61. The summed E-state index contributed by atoms with van der Waals surface area (Å²) in [7, 11) is 0. The van der Waals surface area contributed by atoms with Gasteiger partial charge in [-0.05, 0) is 56.3 Å². The van der Waals surface area contributed by atoms with E-state index in [0.717, 1.165) is 11.8 Å². The van der Waals surface area contributed by atoms with Gasteiger partial charge < -0.3 is 25.2 Å². The van der Waals surface area contributed by atoms with Gasteiger partial charge in [0, 0.05) is 41.9 Å². The lowest BCUT2D eigenvalue weighted by Gasteiger charge is -2.25. The molecule has 0 saturated carbocycles. The molecule has 12 nitrogen and oxygen atoms in total. The maximum atomic E-state index is 15.6. The molecule has 0 spiro atoms. The molecule has 240 valence electrons. The third kappa shape index (κ3) is 8.24. The van der Waals surface area contributed by atoms with Crippen LogP contribution < -0.4 is 15.5 Å². The van der Waals surface area contributed by atoms with Gasteiger partial charge in [0.05, 0.1) is 16.9 Å². The van der Waals surface area contributed by atoms with Crippen LogP contribution in [-0.4, -0.2) is 51.4 Å². The van der Waals surface area contributed by atoms with Gasteiger partial charge >= 0.3 is 18.3 Å². The summed E-state index contributed by atoms with van der Waals surface area (Å²) in [6.07, 6.45) is 0.267. The summed E-state index contributed by atoms with van der Waals surface area (Å²) in [6.45, 7) is 6.37. The molecule has 0 unspecified atom stereocenters. The minimum absolute atomic E-state index is 0.00744. The van der Waals surface area contributed by atoms with Crippen LogP contribution in [0.4, 0.5) is 30.3 Å². The fourth-order valence-electron chi connectivity index (χ4n) is 4.35. The second-order valence-electron chi connectivity index (χ2n) is 11.1. The number of pyridine rings is 2. The lowest BCUT2D eigenvalue weighted by atomic mass is 9.98. The number of nitrogens with one attached hydrogen (secondary N) is 2. The number of benzene rings is 2. The Morgan fingerprint density at radius 3 is 2.43 bits per heavy atom. The van der Waals surface area contributed by atoms with Crippen LogP contribution in [0.15, 0.2) is 61.1 Å². The number of halogens is 2. The number of hydrogen-bond donors (Lipinski definition) is 3. The van der Waals surface area contributed by atoms with E-state index in [2.05, 4.69) is 20.6 Å². The van der Waals surface area contributed by atoms with E-state index in [1.807, 2.05) is 30.3 Å². The summed E-state index contributed by atoms with van der Waals surface area (Å²) in [4.78, 5) is 57.9. The molecule has 3 N–H and O–H groups in total. The van der Waals surface area contributed by atoms with E-state index in [1.165, 1.54) is 31.5 Å². The number of imide groups is 1. The number of amides is 4. The number of carboxylic acid groups (broad SMARTS) is 1. The first-order valence-corrected chi connectivity index (χ1v) is 14.4. The van der Waals surface area contributed by atoms with Crippen LogP contribution in [0.1, 0.15) is 38.3 Å². The predicted molar refractivity (Wildman–Crippen MR) is 169 cm³/mol. The second-order valence-corrected chi connectivity index (χ2v) is 11.4. The van der Waals surface area contributed by atoms with Gasteiger partial charge in [0.1, 0.15) is 23.8 Å². The molecule has 2 heterocycles. The first kappa shape index (κ1) is 33.6. The molecule has 0 aliphatic rings.